The van der Waals surface area contributed by atoms with Crippen molar-refractivity contribution in [1.82, 2.24) is 5.32 Å². The van der Waals surface area contributed by atoms with Gasteiger partial charge in [-0.25, -0.2) is 0 Å². The number of nitro groups is 1. The first kappa shape index (κ1) is 15.4. The Kier molecular flexibility index (Phi) is 4.30. The van der Waals surface area contributed by atoms with Gasteiger partial charge in [0.2, 0.25) is 0 Å². The number of aromatic hydroxyl groups is 1. The predicted octanol–water partition coefficient (Wildman–Crippen LogP) is 1.97. The van der Waals surface area contributed by atoms with Gasteiger partial charge < -0.3 is 10.4 Å². The van der Waals surface area contributed by atoms with Crippen molar-refractivity contribution < 1.29 is 14.8 Å². The number of nitrogens with one attached hydrogen (secondary N) is 1. The van der Waals surface area contributed by atoms with Gasteiger partial charge in [0.1, 0.15) is 11.8 Å². The first-order valence-electron chi connectivity index (χ1n) is 5.84. The minimum Gasteiger partial charge on any atom is -0.507 e. The van der Waals surface area contributed by atoms with Gasteiger partial charge >= 0.3 is 0 Å². The lowest BCUT2D eigenvalue weighted by Gasteiger charge is -2.25. The number of nitrogens with zero attached hydrogens (tertiary/aromatic N) is 2. The summed E-state index contributed by atoms with van der Waals surface area (Å²) in [4.78, 5) is 21.8. The smallest absolute Gasteiger partial charge is 0.273 e. The van der Waals surface area contributed by atoms with Crippen LogP contribution in [0, 0.1) is 26.9 Å². The Morgan fingerprint density at radius 3 is 2.50 bits per heavy atom. The third-order valence-corrected chi connectivity index (χ3v) is 2.71. The quantitative estimate of drug-likeness (QED) is 0.647. The molecule has 0 heterocycles. The number of hydrogen-bond donors (Lipinski definition) is 2. The van der Waals surface area contributed by atoms with E-state index in [4.69, 9.17) is 5.26 Å². The van der Waals surface area contributed by atoms with Crippen LogP contribution in [0.5, 0.6) is 5.75 Å². The fourth-order valence-corrected chi connectivity index (χ4v) is 1.48. The lowest BCUT2D eigenvalue weighted by Crippen LogP contribution is -2.42. The third kappa shape index (κ3) is 3.45. The van der Waals surface area contributed by atoms with Gasteiger partial charge in [0, 0.05) is 6.07 Å². The second-order valence-corrected chi connectivity index (χ2v) is 5.36. The predicted molar refractivity (Wildman–Crippen MR) is 71.1 cm³/mol. The minimum atomic E-state index is -0.746. The average molecular weight is 277 g/mol. The molecule has 2 N–H and O–H groups in total. The molecule has 0 unspecified atom stereocenters. The van der Waals surface area contributed by atoms with E-state index < -0.39 is 28.0 Å². The zero-order valence-corrected chi connectivity index (χ0v) is 11.4. The molecule has 1 amide bonds. The molecule has 0 saturated carbocycles. The van der Waals surface area contributed by atoms with E-state index in [2.05, 4.69) is 5.32 Å². The second-order valence-electron chi connectivity index (χ2n) is 5.36. The molecule has 0 spiro atoms. The maximum Gasteiger partial charge on any atom is 0.273 e. The van der Waals surface area contributed by atoms with Crippen molar-refractivity contribution in [1.29, 1.82) is 5.26 Å². The number of phenols is 1. The van der Waals surface area contributed by atoms with Crippen LogP contribution < -0.4 is 5.32 Å². The van der Waals surface area contributed by atoms with E-state index in [1.165, 1.54) is 0 Å². The van der Waals surface area contributed by atoms with E-state index in [-0.39, 0.29) is 11.3 Å². The van der Waals surface area contributed by atoms with Crippen LogP contribution >= 0.6 is 0 Å². The molecule has 1 aromatic carbocycles. The minimum absolute atomic E-state index is 0.111. The topological polar surface area (TPSA) is 116 Å². The van der Waals surface area contributed by atoms with Crippen molar-refractivity contribution in [3.8, 4) is 11.8 Å². The van der Waals surface area contributed by atoms with E-state index in [1.807, 2.05) is 6.07 Å². The Bertz CT molecular complexity index is 584. The molecule has 0 saturated heterocycles. The number of non-ortho nitro benzene ring substituents is 1. The Morgan fingerprint density at radius 1 is 1.50 bits per heavy atom. The number of phenolic OH excluding ortho intramolecular Hbond substituents is 1. The Morgan fingerprint density at radius 2 is 2.10 bits per heavy atom. The van der Waals surface area contributed by atoms with Gasteiger partial charge in [-0.05, 0) is 11.5 Å². The first-order valence-corrected chi connectivity index (χ1v) is 5.84. The standard InChI is InChI=1S/C13H15N3O4/c1-13(2,3)11(7-14)15-12(18)9-5-4-8(16(19)20)6-10(9)17/h4-6,11,17H,1-3H3,(H,15,18)/t11-/m0/s1. The van der Waals surface area contributed by atoms with Crippen molar-refractivity contribution in [3.63, 3.8) is 0 Å². The van der Waals surface area contributed by atoms with Crippen molar-refractivity contribution in [3.05, 3.63) is 33.9 Å². The van der Waals surface area contributed by atoms with Gasteiger partial charge in [-0.3, -0.25) is 14.9 Å². The van der Waals surface area contributed by atoms with Crippen molar-refractivity contribution >= 4 is 11.6 Å². The fourth-order valence-electron chi connectivity index (χ4n) is 1.48. The summed E-state index contributed by atoms with van der Waals surface area (Å²) >= 11 is 0. The number of carbonyl (C=O) groups is 1. The maximum absolute atomic E-state index is 12.0. The molecule has 0 fully saturated rings. The second kappa shape index (κ2) is 5.57. The molecule has 7 heteroatoms. The summed E-state index contributed by atoms with van der Waals surface area (Å²) in [6.45, 7) is 5.37. The number of hydrogen-bond acceptors (Lipinski definition) is 5. The maximum atomic E-state index is 12.0. The summed E-state index contributed by atoms with van der Waals surface area (Å²) < 4.78 is 0. The zero-order valence-electron chi connectivity index (χ0n) is 11.4. The summed E-state index contributed by atoms with van der Waals surface area (Å²) in [5.74, 6) is -1.15. The molecule has 0 aliphatic carbocycles. The highest BCUT2D eigenvalue weighted by molar-refractivity contribution is 5.97. The van der Waals surface area contributed by atoms with E-state index >= 15 is 0 Å². The highest BCUT2D eigenvalue weighted by Gasteiger charge is 2.27. The summed E-state index contributed by atoms with van der Waals surface area (Å²) in [6, 6.07) is 4.39. The number of carbonyl (C=O) groups excluding carboxylic acids is 1. The van der Waals surface area contributed by atoms with E-state index in [9.17, 15) is 20.0 Å². The summed E-state index contributed by atoms with van der Waals surface area (Å²) in [7, 11) is 0. The molecule has 7 nitrogen and oxygen atoms in total. The molecule has 0 bridgehead atoms. The van der Waals surface area contributed by atoms with Crippen molar-refractivity contribution in [2.24, 2.45) is 5.41 Å². The van der Waals surface area contributed by atoms with Crippen molar-refractivity contribution in [2.45, 2.75) is 26.8 Å². The van der Waals surface area contributed by atoms with Crippen LogP contribution in [0.2, 0.25) is 0 Å². The highest BCUT2D eigenvalue weighted by atomic mass is 16.6. The summed E-state index contributed by atoms with van der Waals surface area (Å²) in [5, 5.41) is 31.7. The molecule has 20 heavy (non-hydrogen) atoms. The van der Waals surface area contributed by atoms with Gasteiger partial charge in [-0.1, -0.05) is 20.8 Å². The fraction of sp³-hybridized carbons (Fsp3) is 0.385. The Hall–Kier alpha value is -2.62. The average Bonchev–Trinajstić information content (AvgIpc) is 2.33. The van der Waals surface area contributed by atoms with Gasteiger partial charge in [-0.15, -0.1) is 0 Å². The number of nitriles is 1. The molecule has 0 aliphatic heterocycles. The summed E-state index contributed by atoms with van der Waals surface area (Å²) in [6.07, 6.45) is 0. The number of amides is 1. The van der Waals surface area contributed by atoms with E-state index in [1.54, 1.807) is 20.8 Å². The molecule has 1 atom stereocenters. The highest BCUT2D eigenvalue weighted by Crippen LogP contribution is 2.24. The SMILES string of the molecule is CC(C)(C)[C@H](C#N)NC(=O)c1ccc([N+](=O)[O-])cc1O. The van der Waals surface area contributed by atoms with Gasteiger partial charge in [-0.2, -0.15) is 5.26 Å². The lowest BCUT2D eigenvalue weighted by molar-refractivity contribution is -0.384. The van der Waals surface area contributed by atoms with Crippen LogP contribution in [-0.2, 0) is 0 Å². The molecule has 1 rings (SSSR count). The summed E-state index contributed by atoms with van der Waals surface area (Å²) in [5.41, 5.74) is -0.896. The van der Waals surface area contributed by atoms with Crippen molar-refractivity contribution in [2.75, 3.05) is 0 Å². The molecular formula is C13H15N3O4. The molecule has 106 valence electrons. The molecular weight excluding hydrogens is 262 g/mol. The van der Waals surface area contributed by atoms with Crippen LogP contribution in [0.15, 0.2) is 18.2 Å². The monoisotopic (exact) mass is 277 g/mol. The Balaban J connectivity index is 2.99. The molecule has 0 radical (unpaired) electrons. The number of nitro benzene ring substituents is 1. The Labute approximate surface area is 116 Å². The lowest BCUT2D eigenvalue weighted by atomic mass is 9.87. The van der Waals surface area contributed by atoms with Crippen LogP contribution in [0.4, 0.5) is 5.69 Å². The largest absolute Gasteiger partial charge is 0.507 e. The molecule has 1 aromatic rings. The van der Waals surface area contributed by atoms with Gasteiger partial charge in [0.15, 0.2) is 0 Å². The van der Waals surface area contributed by atoms with E-state index in [0.29, 0.717) is 0 Å². The zero-order chi connectivity index (χ0) is 15.5. The molecule has 0 aliphatic rings. The number of benzene rings is 1. The van der Waals surface area contributed by atoms with Crippen LogP contribution in [0.25, 0.3) is 0 Å². The molecule has 0 aromatic heterocycles. The van der Waals surface area contributed by atoms with Crippen LogP contribution in [0.3, 0.4) is 0 Å². The first-order chi connectivity index (χ1) is 9.16. The van der Waals surface area contributed by atoms with Gasteiger partial charge in [0.05, 0.1) is 22.6 Å². The normalized spacial score (nSPS) is 12.3. The van der Waals surface area contributed by atoms with Crippen LogP contribution in [-0.4, -0.2) is 22.0 Å². The van der Waals surface area contributed by atoms with Crippen LogP contribution in [0.1, 0.15) is 31.1 Å². The third-order valence-electron chi connectivity index (χ3n) is 2.71. The van der Waals surface area contributed by atoms with E-state index in [0.717, 1.165) is 18.2 Å². The number of rotatable bonds is 3. The van der Waals surface area contributed by atoms with Gasteiger partial charge in [0.25, 0.3) is 11.6 Å².